The summed E-state index contributed by atoms with van der Waals surface area (Å²) in [6.45, 7) is 2.79. The average Bonchev–Trinajstić information content (AvgIpc) is 2.27. The molecular weight excluding hydrogens is 209 g/mol. The van der Waals surface area contributed by atoms with E-state index in [1.165, 1.54) is 19.3 Å². The van der Waals surface area contributed by atoms with Crippen molar-refractivity contribution in [2.24, 2.45) is 5.92 Å². The van der Waals surface area contributed by atoms with Crippen LogP contribution in [0.5, 0.6) is 0 Å². The molecule has 0 unspecified atom stereocenters. The molecule has 86 valence electrons. The highest BCUT2D eigenvalue weighted by Gasteiger charge is 2.13. The maximum Gasteiger partial charge on any atom is 0.153 e. The fourth-order valence-electron chi connectivity index (χ4n) is 1.91. The van der Waals surface area contributed by atoms with Crippen molar-refractivity contribution >= 4 is 17.2 Å². The van der Waals surface area contributed by atoms with Crippen molar-refractivity contribution in [2.75, 3.05) is 6.54 Å². The molecule has 1 aliphatic carbocycles. The lowest BCUT2D eigenvalue weighted by Crippen LogP contribution is -2.23. The van der Waals surface area contributed by atoms with Crippen molar-refractivity contribution in [3.63, 3.8) is 0 Å². The molecule has 0 saturated heterocycles. The Hall–Kier alpha value is -0.440. The Bertz CT molecular complexity index is 232. The first kappa shape index (κ1) is 12.6. The van der Waals surface area contributed by atoms with E-state index in [2.05, 4.69) is 5.32 Å². The van der Waals surface area contributed by atoms with Gasteiger partial charge in [-0.3, -0.25) is 0 Å². The molecule has 1 aliphatic rings. The summed E-state index contributed by atoms with van der Waals surface area (Å²) >= 11 is 4.96. The maximum atomic E-state index is 13.6. The van der Waals surface area contributed by atoms with Gasteiger partial charge in [-0.15, -0.1) is 0 Å². The average molecular weight is 229 g/mol. The maximum absolute atomic E-state index is 13.6. The van der Waals surface area contributed by atoms with Crippen molar-refractivity contribution < 1.29 is 4.39 Å². The van der Waals surface area contributed by atoms with Gasteiger partial charge in [0.2, 0.25) is 0 Å². The van der Waals surface area contributed by atoms with Gasteiger partial charge in [-0.25, -0.2) is 4.39 Å². The fraction of sp³-hybridized carbons (Fsp3) is 0.750. The van der Waals surface area contributed by atoms with Crippen LogP contribution in [0.4, 0.5) is 4.39 Å². The SMILES string of the molecule is CCCNC(=S)/C(F)=C\C1CCCCC1. The van der Waals surface area contributed by atoms with E-state index in [1.807, 2.05) is 6.92 Å². The van der Waals surface area contributed by atoms with Crippen molar-refractivity contribution in [3.8, 4) is 0 Å². The van der Waals surface area contributed by atoms with Crippen molar-refractivity contribution in [1.29, 1.82) is 0 Å². The monoisotopic (exact) mass is 229 g/mol. The van der Waals surface area contributed by atoms with Gasteiger partial charge in [0.1, 0.15) is 4.99 Å². The molecule has 1 rings (SSSR count). The van der Waals surface area contributed by atoms with Crippen LogP contribution in [-0.2, 0) is 0 Å². The molecule has 1 N–H and O–H groups in total. The van der Waals surface area contributed by atoms with Crippen LogP contribution >= 0.6 is 12.2 Å². The van der Waals surface area contributed by atoms with Crippen molar-refractivity contribution in [3.05, 3.63) is 11.9 Å². The predicted octanol–water partition coefficient (Wildman–Crippen LogP) is 3.75. The smallest absolute Gasteiger partial charge is 0.153 e. The standard InChI is InChI=1S/C12H20FNS/c1-2-8-14-12(15)11(13)9-10-6-4-3-5-7-10/h9-10H,2-8H2,1H3,(H,14,15)/b11-9+. The summed E-state index contributed by atoms with van der Waals surface area (Å²) in [4.78, 5) is 0.280. The van der Waals surface area contributed by atoms with Gasteiger partial charge in [0.05, 0.1) is 0 Å². The summed E-state index contributed by atoms with van der Waals surface area (Å²) in [5, 5.41) is 2.91. The van der Waals surface area contributed by atoms with Crippen LogP contribution in [0.2, 0.25) is 0 Å². The number of rotatable bonds is 4. The molecule has 1 saturated carbocycles. The van der Waals surface area contributed by atoms with E-state index in [-0.39, 0.29) is 10.8 Å². The van der Waals surface area contributed by atoms with E-state index in [1.54, 1.807) is 6.08 Å². The number of thiocarbonyl (C=S) groups is 1. The first-order chi connectivity index (χ1) is 7.24. The van der Waals surface area contributed by atoms with Crippen LogP contribution in [0, 0.1) is 5.92 Å². The predicted molar refractivity (Wildman–Crippen MR) is 66.7 cm³/mol. The van der Waals surface area contributed by atoms with E-state index in [0.717, 1.165) is 25.8 Å². The molecule has 0 bridgehead atoms. The van der Waals surface area contributed by atoms with Crippen LogP contribution in [0.25, 0.3) is 0 Å². The van der Waals surface area contributed by atoms with Crippen LogP contribution in [0.1, 0.15) is 45.4 Å². The van der Waals surface area contributed by atoms with Gasteiger partial charge < -0.3 is 5.32 Å². The first-order valence-electron chi connectivity index (χ1n) is 5.89. The molecule has 0 aromatic carbocycles. The zero-order valence-corrected chi connectivity index (χ0v) is 10.2. The molecule has 0 atom stereocenters. The van der Waals surface area contributed by atoms with Gasteiger partial charge in [-0.2, -0.15) is 0 Å². The molecule has 0 amide bonds. The van der Waals surface area contributed by atoms with E-state index < -0.39 is 0 Å². The molecule has 1 fully saturated rings. The molecular formula is C12H20FNS. The Labute approximate surface area is 97.1 Å². The van der Waals surface area contributed by atoms with Gasteiger partial charge in [-0.1, -0.05) is 38.4 Å². The zero-order valence-electron chi connectivity index (χ0n) is 9.39. The highest BCUT2D eigenvalue weighted by atomic mass is 32.1. The lowest BCUT2D eigenvalue weighted by Gasteiger charge is -2.18. The number of nitrogens with one attached hydrogen (secondary N) is 1. The van der Waals surface area contributed by atoms with Gasteiger partial charge >= 0.3 is 0 Å². The third-order valence-corrected chi connectivity index (χ3v) is 3.12. The minimum Gasteiger partial charge on any atom is -0.374 e. The van der Waals surface area contributed by atoms with Gasteiger partial charge in [-0.05, 0) is 31.3 Å². The van der Waals surface area contributed by atoms with Crippen LogP contribution in [0.15, 0.2) is 11.9 Å². The number of allylic oxidation sites excluding steroid dienone is 1. The molecule has 0 aromatic rings. The zero-order chi connectivity index (χ0) is 11.1. The quantitative estimate of drug-likeness (QED) is 0.582. The molecule has 15 heavy (non-hydrogen) atoms. The minimum absolute atomic E-state index is 0.231. The molecule has 0 spiro atoms. The Balaban J connectivity index is 2.39. The molecule has 0 aromatic heterocycles. The van der Waals surface area contributed by atoms with E-state index in [9.17, 15) is 4.39 Å². The molecule has 3 heteroatoms. The number of hydrogen-bond acceptors (Lipinski definition) is 1. The van der Waals surface area contributed by atoms with Crippen LogP contribution < -0.4 is 5.32 Å². The summed E-state index contributed by atoms with van der Waals surface area (Å²) in [5.74, 6) is 0.172. The fourth-order valence-corrected chi connectivity index (χ4v) is 2.08. The van der Waals surface area contributed by atoms with E-state index in [0.29, 0.717) is 5.92 Å². The van der Waals surface area contributed by atoms with Crippen LogP contribution in [0.3, 0.4) is 0 Å². The summed E-state index contributed by atoms with van der Waals surface area (Å²) in [6.07, 6.45) is 8.66. The molecule has 1 nitrogen and oxygen atoms in total. The third kappa shape index (κ3) is 4.74. The minimum atomic E-state index is -0.231. The Morgan fingerprint density at radius 1 is 1.40 bits per heavy atom. The Kier molecular flexibility index (Phi) is 5.84. The second-order valence-corrected chi connectivity index (χ2v) is 4.58. The molecule has 0 aliphatic heterocycles. The lowest BCUT2D eigenvalue weighted by atomic mass is 9.89. The molecule has 0 radical (unpaired) electrons. The topological polar surface area (TPSA) is 12.0 Å². The Morgan fingerprint density at radius 2 is 2.07 bits per heavy atom. The largest absolute Gasteiger partial charge is 0.374 e. The first-order valence-corrected chi connectivity index (χ1v) is 6.30. The lowest BCUT2D eigenvalue weighted by molar-refractivity contribution is 0.414. The summed E-state index contributed by atoms with van der Waals surface area (Å²) in [5.41, 5.74) is 0. The van der Waals surface area contributed by atoms with E-state index in [4.69, 9.17) is 12.2 Å². The van der Waals surface area contributed by atoms with Crippen molar-refractivity contribution in [2.45, 2.75) is 45.4 Å². The van der Waals surface area contributed by atoms with Gasteiger partial charge in [0.25, 0.3) is 0 Å². The van der Waals surface area contributed by atoms with Crippen molar-refractivity contribution in [1.82, 2.24) is 5.32 Å². The Morgan fingerprint density at radius 3 is 2.67 bits per heavy atom. The normalized spacial score (nSPS) is 18.9. The highest BCUT2D eigenvalue weighted by Crippen LogP contribution is 2.25. The second-order valence-electron chi connectivity index (χ2n) is 4.17. The highest BCUT2D eigenvalue weighted by molar-refractivity contribution is 7.80. The molecule has 0 heterocycles. The van der Waals surface area contributed by atoms with Gasteiger partial charge in [0, 0.05) is 6.54 Å². The third-order valence-electron chi connectivity index (χ3n) is 2.78. The van der Waals surface area contributed by atoms with Gasteiger partial charge in [0.15, 0.2) is 5.83 Å². The number of hydrogen-bond donors (Lipinski definition) is 1. The second kappa shape index (κ2) is 6.94. The van der Waals surface area contributed by atoms with E-state index >= 15 is 0 Å². The summed E-state index contributed by atoms with van der Waals surface area (Å²) in [6, 6.07) is 0. The summed E-state index contributed by atoms with van der Waals surface area (Å²) < 4.78 is 13.6. The van der Waals surface area contributed by atoms with Crippen LogP contribution in [-0.4, -0.2) is 11.5 Å². The summed E-state index contributed by atoms with van der Waals surface area (Å²) in [7, 11) is 0. The number of halogens is 1.